The molecule has 0 aliphatic carbocycles. The minimum atomic E-state index is -3.46. The second-order valence-electron chi connectivity index (χ2n) is 7.32. The van der Waals surface area contributed by atoms with E-state index in [2.05, 4.69) is 31.5 Å². The summed E-state index contributed by atoms with van der Waals surface area (Å²) in [5.74, 6) is -2.44. The van der Waals surface area contributed by atoms with Crippen molar-refractivity contribution in [2.75, 3.05) is 11.6 Å². The van der Waals surface area contributed by atoms with Gasteiger partial charge in [-0.15, -0.1) is 0 Å². The predicted molar refractivity (Wildman–Crippen MR) is 129 cm³/mol. The molecular formula is C23H20BrN3O6S. The molecule has 0 saturated heterocycles. The Kier molecular flexibility index (Phi) is 7.79. The van der Waals surface area contributed by atoms with E-state index in [0.717, 1.165) is 6.26 Å². The molecule has 1 atom stereocenters. The number of nitrogens with zero attached hydrogens (tertiary/aromatic N) is 1. The predicted octanol–water partition coefficient (Wildman–Crippen LogP) is 3.13. The van der Waals surface area contributed by atoms with E-state index >= 15 is 0 Å². The van der Waals surface area contributed by atoms with Gasteiger partial charge in [0, 0.05) is 28.1 Å². The van der Waals surface area contributed by atoms with Crippen molar-refractivity contribution in [3.05, 3.63) is 76.9 Å². The molecule has 0 bridgehead atoms. The Hall–Kier alpha value is -3.57. The summed E-state index contributed by atoms with van der Waals surface area (Å²) in [6.45, 7) is 0. The van der Waals surface area contributed by atoms with Crippen LogP contribution in [0.4, 0.5) is 5.82 Å². The van der Waals surface area contributed by atoms with Crippen molar-refractivity contribution in [3.63, 3.8) is 0 Å². The summed E-state index contributed by atoms with van der Waals surface area (Å²) in [5.41, 5.74) is 1.22. The largest absolute Gasteiger partial charge is 0.480 e. The van der Waals surface area contributed by atoms with Crippen LogP contribution in [0.5, 0.6) is 0 Å². The third kappa shape index (κ3) is 6.49. The van der Waals surface area contributed by atoms with Gasteiger partial charge >= 0.3 is 5.97 Å². The number of sulfone groups is 1. The average Bonchev–Trinajstić information content (AvgIpc) is 2.79. The molecule has 34 heavy (non-hydrogen) atoms. The van der Waals surface area contributed by atoms with E-state index in [-0.39, 0.29) is 16.3 Å². The van der Waals surface area contributed by atoms with E-state index in [0.29, 0.717) is 15.6 Å². The first-order chi connectivity index (χ1) is 16.0. The Balaban J connectivity index is 1.70. The van der Waals surface area contributed by atoms with E-state index in [1.807, 2.05) is 0 Å². The van der Waals surface area contributed by atoms with Crippen LogP contribution in [0, 0.1) is 0 Å². The number of benzene rings is 2. The average molecular weight is 546 g/mol. The zero-order chi connectivity index (χ0) is 24.9. The van der Waals surface area contributed by atoms with Gasteiger partial charge in [-0.25, -0.2) is 18.2 Å². The van der Waals surface area contributed by atoms with E-state index in [4.69, 9.17) is 0 Å². The summed E-state index contributed by atoms with van der Waals surface area (Å²) in [5, 5.41) is 14.3. The minimum absolute atomic E-state index is 0.154. The summed E-state index contributed by atoms with van der Waals surface area (Å²) >= 11 is 3.22. The number of hydrogen-bond donors (Lipinski definition) is 3. The second-order valence-corrected chi connectivity index (χ2v) is 10.2. The number of amides is 2. The number of carboxylic acid groups (broad SMARTS) is 1. The quantitative estimate of drug-likeness (QED) is 0.394. The third-order valence-electron chi connectivity index (χ3n) is 4.73. The lowest BCUT2D eigenvalue weighted by Crippen LogP contribution is -2.43. The van der Waals surface area contributed by atoms with Gasteiger partial charge in [-0.05, 0) is 51.8 Å². The number of hydrogen-bond acceptors (Lipinski definition) is 6. The van der Waals surface area contributed by atoms with Crippen LogP contribution >= 0.6 is 15.9 Å². The van der Waals surface area contributed by atoms with Crippen molar-refractivity contribution in [1.82, 2.24) is 10.3 Å². The lowest BCUT2D eigenvalue weighted by Gasteiger charge is -2.15. The molecule has 0 aliphatic heterocycles. The van der Waals surface area contributed by atoms with Gasteiger partial charge in [-0.2, -0.15) is 0 Å². The summed E-state index contributed by atoms with van der Waals surface area (Å²) in [4.78, 5) is 40.5. The third-order valence-corrected chi connectivity index (χ3v) is 6.36. The number of rotatable bonds is 8. The molecule has 0 fully saturated rings. The fraction of sp³-hybridized carbons (Fsp3) is 0.130. The normalized spacial score (nSPS) is 11.9. The Morgan fingerprint density at radius 1 is 1.03 bits per heavy atom. The monoisotopic (exact) mass is 545 g/mol. The molecule has 3 N–H and O–H groups in total. The molecule has 9 nitrogen and oxygen atoms in total. The van der Waals surface area contributed by atoms with Gasteiger partial charge in [0.25, 0.3) is 5.91 Å². The van der Waals surface area contributed by atoms with Gasteiger partial charge in [0.1, 0.15) is 11.9 Å². The highest BCUT2D eigenvalue weighted by molar-refractivity contribution is 9.10. The maximum Gasteiger partial charge on any atom is 0.326 e. The SMILES string of the molecule is CS(=O)(=O)c1ccccc1-c1ccc(C(=O)NC(CC(=O)Nc2ccc(Br)cn2)C(=O)O)cc1. The highest BCUT2D eigenvalue weighted by Gasteiger charge is 2.24. The molecule has 1 unspecified atom stereocenters. The Morgan fingerprint density at radius 2 is 1.71 bits per heavy atom. The van der Waals surface area contributed by atoms with Crippen LogP contribution < -0.4 is 10.6 Å². The lowest BCUT2D eigenvalue weighted by molar-refractivity contribution is -0.140. The van der Waals surface area contributed by atoms with Crippen molar-refractivity contribution in [2.45, 2.75) is 17.4 Å². The van der Waals surface area contributed by atoms with Crippen LogP contribution in [0.1, 0.15) is 16.8 Å². The van der Waals surface area contributed by atoms with Crippen LogP contribution in [0.25, 0.3) is 11.1 Å². The lowest BCUT2D eigenvalue weighted by atomic mass is 10.0. The number of carbonyl (C=O) groups is 3. The maximum absolute atomic E-state index is 12.6. The fourth-order valence-corrected chi connectivity index (χ4v) is 4.25. The van der Waals surface area contributed by atoms with Gasteiger partial charge in [0.2, 0.25) is 5.91 Å². The molecule has 3 aromatic rings. The summed E-state index contributed by atoms with van der Waals surface area (Å²) in [6, 6.07) is 14.3. The van der Waals surface area contributed by atoms with Crippen LogP contribution in [0.2, 0.25) is 0 Å². The van der Waals surface area contributed by atoms with Crippen molar-refractivity contribution in [1.29, 1.82) is 0 Å². The fourth-order valence-electron chi connectivity index (χ4n) is 3.10. The van der Waals surface area contributed by atoms with E-state index in [1.54, 1.807) is 42.5 Å². The number of nitrogens with one attached hydrogen (secondary N) is 2. The number of anilines is 1. The van der Waals surface area contributed by atoms with Crippen molar-refractivity contribution >= 4 is 49.4 Å². The topological polar surface area (TPSA) is 143 Å². The minimum Gasteiger partial charge on any atom is -0.480 e. The Labute approximate surface area is 204 Å². The number of halogens is 1. The number of aliphatic carboxylic acids is 1. The molecule has 1 heterocycles. The molecule has 1 aromatic heterocycles. The number of aromatic nitrogens is 1. The number of carbonyl (C=O) groups excluding carboxylic acids is 2. The van der Waals surface area contributed by atoms with Crippen LogP contribution in [0.3, 0.4) is 0 Å². The molecule has 3 rings (SSSR count). The standard InChI is InChI=1S/C23H20BrN3O6S/c1-34(32,33)19-5-3-2-4-17(19)14-6-8-15(9-7-14)22(29)26-18(23(30)31)12-21(28)27-20-11-10-16(24)13-25-20/h2-11,13,18H,12H2,1H3,(H,26,29)(H,30,31)(H,25,27,28). The summed E-state index contributed by atoms with van der Waals surface area (Å²) in [7, 11) is -3.46. The zero-order valence-electron chi connectivity index (χ0n) is 17.9. The molecule has 2 amide bonds. The molecule has 0 aliphatic rings. The number of pyridine rings is 1. The van der Waals surface area contributed by atoms with E-state index < -0.39 is 40.1 Å². The molecule has 11 heteroatoms. The highest BCUT2D eigenvalue weighted by atomic mass is 79.9. The first kappa shape index (κ1) is 25.1. The van der Waals surface area contributed by atoms with Gasteiger partial charge in [-0.3, -0.25) is 9.59 Å². The van der Waals surface area contributed by atoms with Gasteiger partial charge in [-0.1, -0.05) is 30.3 Å². The molecule has 0 radical (unpaired) electrons. The molecule has 0 saturated carbocycles. The molecular weight excluding hydrogens is 526 g/mol. The van der Waals surface area contributed by atoms with Crippen LogP contribution in [0.15, 0.2) is 76.2 Å². The van der Waals surface area contributed by atoms with Crippen LogP contribution in [-0.4, -0.2) is 48.6 Å². The van der Waals surface area contributed by atoms with Crippen molar-refractivity contribution < 1.29 is 27.9 Å². The van der Waals surface area contributed by atoms with Crippen molar-refractivity contribution in [2.24, 2.45) is 0 Å². The van der Waals surface area contributed by atoms with Gasteiger partial charge in [0.15, 0.2) is 9.84 Å². The first-order valence-electron chi connectivity index (χ1n) is 9.89. The van der Waals surface area contributed by atoms with Gasteiger partial charge < -0.3 is 15.7 Å². The maximum atomic E-state index is 12.6. The highest BCUT2D eigenvalue weighted by Crippen LogP contribution is 2.27. The second kappa shape index (κ2) is 10.6. The summed E-state index contributed by atoms with van der Waals surface area (Å²) in [6.07, 6.45) is 2.09. The summed E-state index contributed by atoms with van der Waals surface area (Å²) < 4.78 is 24.8. The molecule has 176 valence electrons. The smallest absolute Gasteiger partial charge is 0.326 e. The number of carboxylic acids is 1. The first-order valence-corrected chi connectivity index (χ1v) is 12.6. The Bertz CT molecular complexity index is 1330. The van der Waals surface area contributed by atoms with E-state index in [9.17, 15) is 27.9 Å². The zero-order valence-corrected chi connectivity index (χ0v) is 20.3. The van der Waals surface area contributed by atoms with Gasteiger partial charge in [0.05, 0.1) is 11.3 Å². The molecule has 0 spiro atoms. The van der Waals surface area contributed by atoms with Crippen molar-refractivity contribution in [3.8, 4) is 11.1 Å². The van der Waals surface area contributed by atoms with Crippen LogP contribution in [-0.2, 0) is 19.4 Å². The van der Waals surface area contributed by atoms with E-state index in [1.165, 1.54) is 24.4 Å². The molecule has 2 aromatic carbocycles. The Morgan fingerprint density at radius 3 is 2.29 bits per heavy atom.